The summed E-state index contributed by atoms with van der Waals surface area (Å²) in [5.74, 6) is 0.310. The predicted molar refractivity (Wildman–Crippen MR) is 153 cm³/mol. The molecule has 1 aromatic heterocycles. The minimum atomic E-state index is -0.468. The zero-order chi connectivity index (χ0) is 25.6. The highest BCUT2D eigenvalue weighted by Gasteiger charge is 2.73. The fourth-order valence-corrected chi connectivity index (χ4v) is 8.96. The van der Waals surface area contributed by atoms with Crippen LogP contribution in [0.1, 0.15) is 33.3 Å². The molecule has 0 saturated heterocycles. The second kappa shape index (κ2) is 9.28. The molecule has 4 aromatic rings. The maximum absolute atomic E-state index is 13.2. The van der Waals surface area contributed by atoms with Gasteiger partial charge in [0.2, 0.25) is 0 Å². The van der Waals surface area contributed by atoms with Crippen molar-refractivity contribution >= 4 is 29.3 Å². The molecule has 0 amide bonds. The first-order valence-electron chi connectivity index (χ1n) is 12.3. The van der Waals surface area contributed by atoms with E-state index in [4.69, 9.17) is 4.98 Å². The van der Waals surface area contributed by atoms with E-state index in [1.54, 1.807) is 23.5 Å². The van der Waals surface area contributed by atoms with Gasteiger partial charge in [-0.25, -0.2) is 4.98 Å². The highest BCUT2D eigenvalue weighted by molar-refractivity contribution is 8.18. The van der Waals surface area contributed by atoms with Crippen LogP contribution in [0.3, 0.4) is 0 Å². The number of rotatable bonds is 7. The lowest BCUT2D eigenvalue weighted by atomic mass is 9.53. The molecular weight excluding hydrogens is 480 g/mol. The molecule has 0 unspecified atom stereocenters. The number of Topliss-reactive ketones (excluding diaryl/α,β-unsaturated/α-hetero) is 1. The Balaban J connectivity index is 1.75. The Morgan fingerprint density at radius 1 is 0.750 bits per heavy atom. The highest BCUT2D eigenvalue weighted by atomic mass is 32.2. The average molecular weight is 513 g/mol. The van der Waals surface area contributed by atoms with E-state index in [1.807, 2.05) is 18.2 Å². The first kappa shape index (κ1) is 24.9. The maximum atomic E-state index is 13.2. The number of carbonyl (C=O) groups excluding carboxylic acids is 1. The number of hydrogen-bond acceptors (Lipinski definition) is 4. The van der Waals surface area contributed by atoms with Crippen LogP contribution in [0.25, 0.3) is 22.5 Å². The van der Waals surface area contributed by atoms with E-state index in [0.29, 0.717) is 12.3 Å². The van der Waals surface area contributed by atoms with Crippen molar-refractivity contribution in [2.24, 2.45) is 10.8 Å². The molecule has 1 heterocycles. The maximum Gasteiger partial charge on any atom is 0.170 e. The Morgan fingerprint density at radius 3 is 1.78 bits per heavy atom. The molecule has 3 nitrogen and oxygen atoms in total. The van der Waals surface area contributed by atoms with Crippen molar-refractivity contribution < 1.29 is 4.79 Å². The van der Waals surface area contributed by atoms with E-state index in [2.05, 4.69) is 111 Å². The van der Waals surface area contributed by atoms with E-state index < -0.39 is 10.8 Å². The molecule has 0 spiro atoms. The van der Waals surface area contributed by atoms with Gasteiger partial charge in [0.25, 0.3) is 0 Å². The lowest BCUT2D eigenvalue weighted by Crippen LogP contribution is -2.70. The Kier molecular flexibility index (Phi) is 6.42. The number of imidazole rings is 1. The summed E-state index contributed by atoms with van der Waals surface area (Å²) in [6.45, 7) is 9.05. The number of ketones is 1. The normalized spacial score (nSPS) is 17.5. The lowest BCUT2D eigenvalue weighted by molar-refractivity contribution is -0.152. The van der Waals surface area contributed by atoms with E-state index in [-0.39, 0.29) is 4.08 Å². The van der Waals surface area contributed by atoms with Gasteiger partial charge in [-0.1, -0.05) is 130 Å². The number of carbonyl (C=O) groups is 1. The van der Waals surface area contributed by atoms with E-state index in [1.165, 1.54) is 5.56 Å². The number of benzene rings is 3. The molecule has 1 aliphatic carbocycles. The molecule has 0 bridgehead atoms. The first-order valence-corrected chi connectivity index (χ1v) is 14.3. The average Bonchev–Trinajstić information content (AvgIpc) is 3.25. The van der Waals surface area contributed by atoms with Crippen LogP contribution in [0.15, 0.2) is 96.2 Å². The van der Waals surface area contributed by atoms with Crippen LogP contribution in [-0.4, -0.2) is 25.7 Å². The summed E-state index contributed by atoms with van der Waals surface area (Å²) >= 11 is 3.54. The van der Waals surface area contributed by atoms with Crippen LogP contribution in [0, 0.1) is 10.8 Å². The first-order chi connectivity index (χ1) is 17.2. The molecule has 0 atom stereocenters. The van der Waals surface area contributed by atoms with E-state index in [0.717, 1.165) is 27.7 Å². The number of hydrogen-bond donors (Lipinski definition) is 0. The van der Waals surface area contributed by atoms with Gasteiger partial charge < -0.3 is 4.57 Å². The summed E-state index contributed by atoms with van der Waals surface area (Å²) in [6, 6.07) is 31.5. The van der Waals surface area contributed by atoms with Gasteiger partial charge in [-0.2, -0.15) is 0 Å². The third-order valence-corrected chi connectivity index (χ3v) is 11.7. The van der Waals surface area contributed by atoms with Crippen LogP contribution in [0.4, 0.5) is 0 Å². The van der Waals surface area contributed by atoms with Gasteiger partial charge in [-0.15, -0.1) is 11.8 Å². The van der Waals surface area contributed by atoms with Gasteiger partial charge in [0.1, 0.15) is 5.78 Å². The summed E-state index contributed by atoms with van der Waals surface area (Å²) < 4.78 is 2.02. The van der Waals surface area contributed by atoms with Crippen molar-refractivity contribution in [2.75, 3.05) is 6.26 Å². The summed E-state index contributed by atoms with van der Waals surface area (Å²) in [6.07, 6.45) is 2.13. The number of thioether (sulfide) groups is 2. The van der Waals surface area contributed by atoms with Gasteiger partial charge in [0.05, 0.1) is 22.0 Å². The van der Waals surface area contributed by atoms with E-state index in [9.17, 15) is 4.79 Å². The molecule has 1 saturated carbocycles. The molecule has 0 aliphatic heterocycles. The van der Waals surface area contributed by atoms with Gasteiger partial charge in [0, 0.05) is 22.0 Å². The molecule has 3 aromatic carbocycles. The van der Waals surface area contributed by atoms with Crippen LogP contribution in [0.2, 0.25) is 0 Å². The predicted octanol–water partition coefficient (Wildman–Crippen LogP) is 8.05. The SMILES string of the molecule is CSC1(Sc2nc(-c3ccccc3)c(-c3ccccc3)n2Cc2ccccc2)C(C)(C)C(=O)C1(C)C. The third kappa shape index (κ3) is 3.75. The molecule has 1 aliphatic rings. The van der Waals surface area contributed by atoms with Gasteiger partial charge in [-0.05, 0) is 11.8 Å². The molecule has 5 heteroatoms. The molecule has 1 fully saturated rings. The number of nitrogens with zero attached hydrogens (tertiary/aromatic N) is 2. The van der Waals surface area contributed by atoms with E-state index >= 15 is 0 Å². The molecule has 36 heavy (non-hydrogen) atoms. The minimum absolute atomic E-state index is 0.310. The Hall–Kier alpha value is -2.76. The highest BCUT2D eigenvalue weighted by Crippen LogP contribution is 2.71. The largest absolute Gasteiger partial charge is 0.314 e. The van der Waals surface area contributed by atoms with Gasteiger partial charge in [0.15, 0.2) is 5.16 Å². The standard InChI is InChI=1S/C31H32N2OS2/c1-29(2)27(34)30(3,4)31(29,35-5)36-28-32-25(23-17-11-7-12-18-23)26(24-19-13-8-14-20-24)33(28)21-22-15-9-6-10-16-22/h6-20H,21H2,1-5H3. The quantitative estimate of drug-likeness (QED) is 0.235. The Morgan fingerprint density at radius 2 is 1.25 bits per heavy atom. The Bertz CT molecular complexity index is 1360. The molecule has 0 N–H and O–H groups in total. The van der Waals surface area contributed by atoms with Crippen molar-refractivity contribution in [3.05, 3.63) is 96.6 Å². The zero-order valence-corrected chi connectivity index (χ0v) is 23.1. The summed E-state index contributed by atoms with van der Waals surface area (Å²) in [5, 5.41) is 0.944. The number of aromatic nitrogens is 2. The topological polar surface area (TPSA) is 34.9 Å². The zero-order valence-electron chi connectivity index (χ0n) is 21.5. The monoisotopic (exact) mass is 512 g/mol. The van der Waals surface area contributed by atoms with Crippen molar-refractivity contribution in [2.45, 2.75) is 43.5 Å². The Labute approximate surface area is 222 Å². The summed E-state index contributed by atoms with van der Waals surface area (Å²) in [7, 11) is 0. The molecule has 0 radical (unpaired) electrons. The molecular formula is C31H32N2OS2. The van der Waals surface area contributed by atoms with Crippen LogP contribution >= 0.6 is 23.5 Å². The molecule has 184 valence electrons. The minimum Gasteiger partial charge on any atom is -0.314 e. The smallest absolute Gasteiger partial charge is 0.170 e. The molecule has 5 rings (SSSR count). The van der Waals surface area contributed by atoms with Crippen LogP contribution < -0.4 is 0 Å². The second-order valence-electron chi connectivity index (χ2n) is 10.4. The van der Waals surface area contributed by atoms with Crippen molar-refractivity contribution in [1.29, 1.82) is 0 Å². The van der Waals surface area contributed by atoms with Crippen LogP contribution in [-0.2, 0) is 11.3 Å². The fraction of sp³-hybridized carbons (Fsp3) is 0.290. The third-order valence-electron chi connectivity index (χ3n) is 7.51. The van der Waals surface area contributed by atoms with Crippen LogP contribution in [0.5, 0.6) is 0 Å². The lowest BCUT2D eigenvalue weighted by Gasteiger charge is -2.63. The van der Waals surface area contributed by atoms with Crippen molar-refractivity contribution in [3.63, 3.8) is 0 Å². The van der Waals surface area contributed by atoms with Gasteiger partial charge in [-0.3, -0.25) is 4.79 Å². The second-order valence-corrected chi connectivity index (χ2v) is 12.9. The van der Waals surface area contributed by atoms with Crippen molar-refractivity contribution in [3.8, 4) is 22.5 Å². The fourth-order valence-electron chi connectivity index (χ4n) is 5.84. The van der Waals surface area contributed by atoms with Gasteiger partial charge >= 0.3 is 0 Å². The summed E-state index contributed by atoms with van der Waals surface area (Å²) in [5.41, 5.74) is 4.58. The summed E-state index contributed by atoms with van der Waals surface area (Å²) in [4.78, 5) is 18.5. The van der Waals surface area contributed by atoms with Crippen molar-refractivity contribution in [1.82, 2.24) is 9.55 Å².